The lowest BCUT2D eigenvalue weighted by atomic mass is 10.1. The Morgan fingerprint density at radius 3 is 2.59 bits per heavy atom. The Morgan fingerprint density at radius 1 is 1.07 bits per heavy atom. The molecule has 0 saturated heterocycles. The Hall–Kier alpha value is -3.02. The summed E-state index contributed by atoms with van der Waals surface area (Å²) < 4.78 is 11.1. The van der Waals surface area contributed by atoms with Crippen LogP contribution in [-0.2, 0) is 4.79 Å². The highest BCUT2D eigenvalue weighted by molar-refractivity contribution is 5.95. The van der Waals surface area contributed by atoms with E-state index < -0.39 is 0 Å². The van der Waals surface area contributed by atoms with Crippen molar-refractivity contribution in [1.82, 2.24) is 10.6 Å². The van der Waals surface area contributed by atoms with E-state index in [0.717, 1.165) is 16.9 Å². The molecule has 0 radical (unpaired) electrons. The second-order valence-corrected chi connectivity index (χ2v) is 6.51. The lowest BCUT2D eigenvalue weighted by Gasteiger charge is -2.21. The zero-order valence-corrected chi connectivity index (χ0v) is 15.6. The molecule has 1 aliphatic rings. The minimum atomic E-state index is -0.166. The van der Waals surface area contributed by atoms with Gasteiger partial charge in [0, 0.05) is 18.5 Å². The van der Waals surface area contributed by atoms with Gasteiger partial charge in [0.1, 0.15) is 13.2 Å². The van der Waals surface area contributed by atoms with Crippen LogP contribution in [0.25, 0.3) is 0 Å². The number of fused-ring (bicyclic) bond motifs is 1. The molecule has 6 heteroatoms. The smallest absolute Gasteiger partial charge is 0.251 e. The van der Waals surface area contributed by atoms with Gasteiger partial charge in [-0.15, -0.1) is 0 Å². The van der Waals surface area contributed by atoms with Crippen molar-refractivity contribution in [3.63, 3.8) is 0 Å². The minimum absolute atomic E-state index is 0.123. The topological polar surface area (TPSA) is 76.7 Å². The molecule has 3 rings (SSSR count). The van der Waals surface area contributed by atoms with Gasteiger partial charge < -0.3 is 20.1 Å². The quantitative estimate of drug-likeness (QED) is 0.822. The van der Waals surface area contributed by atoms with Gasteiger partial charge in [-0.2, -0.15) is 0 Å². The number of carbonyl (C=O) groups excluding carboxylic acids is 2. The van der Waals surface area contributed by atoms with Gasteiger partial charge in [-0.05, 0) is 43.2 Å². The van der Waals surface area contributed by atoms with Crippen molar-refractivity contribution in [1.29, 1.82) is 0 Å². The Labute approximate surface area is 158 Å². The molecule has 1 aliphatic heterocycles. The van der Waals surface area contributed by atoms with Gasteiger partial charge in [-0.25, -0.2) is 0 Å². The number of hydrogen-bond acceptors (Lipinski definition) is 4. The van der Waals surface area contributed by atoms with Gasteiger partial charge in [-0.3, -0.25) is 9.59 Å². The molecule has 0 aromatic heterocycles. The predicted molar refractivity (Wildman–Crippen MR) is 102 cm³/mol. The second-order valence-electron chi connectivity index (χ2n) is 6.51. The van der Waals surface area contributed by atoms with Gasteiger partial charge in [0.15, 0.2) is 11.5 Å². The first-order chi connectivity index (χ1) is 13.0. The third-order valence-corrected chi connectivity index (χ3v) is 4.47. The third kappa shape index (κ3) is 4.78. The summed E-state index contributed by atoms with van der Waals surface area (Å²) >= 11 is 0. The first-order valence-corrected chi connectivity index (χ1v) is 9.07. The molecule has 1 unspecified atom stereocenters. The summed E-state index contributed by atoms with van der Waals surface area (Å²) in [7, 11) is 0. The van der Waals surface area contributed by atoms with Crippen LogP contribution >= 0.6 is 0 Å². The fourth-order valence-electron chi connectivity index (χ4n) is 2.94. The van der Waals surface area contributed by atoms with Crippen LogP contribution in [0.1, 0.15) is 40.9 Å². The highest BCUT2D eigenvalue weighted by Crippen LogP contribution is 2.32. The summed E-state index contributed by atoms with van der Waals surface area (Å²) in [6.07, 6.45) is 0.215. The number of nitrogens with one attached hydrogen (secondary N) is 2. The van der Waals surface area contributed by atoms with E-state index in [4.69, 9.17) is 9.47 Å². The normalized spacial score (nSPS) is 13.6. The standard InChI is InChI=1S/C21H24N2O4/c1-14-5-3-4-6-17(14)21(25)22-10-9-20(24)23-15(2)16-7-8-18-19(13-16)27-12-11-26-18/h3-8,13,15H,9-12H2,1-2H3,(H,22,25)(H,23,24). The summed E-state index contributed by atoms with van der Waals surface area (Å²) in [6.45, 7) is 5.16. The monoisotopic (exact) mass is 368 g/mol. The van der Waals surface area contributed by atoms with Crippen molar-refractivity contribution in [2.75, 3.05) is 19.8 Å². The highest BCUT2D eigenvalue weighted by Gasteiger charge is 2.16. The van der Waals surface area contributed by atoms with Crippen molar-refractivity contribution in [3.05, 3.63) is 59.2 Å². The van der Waals surface area contributed by atoms with Gasteiger partial charge in [0.2, 0.25) is 5.91 Å². The van der Waals surface area contributed by atoms with E-state index in [9.17, 15) is 9.59 Å². The molecule has 0 bridgehead atoms. The fourth-order valence-corrected chi connectivity index (χ4v) is 2.94. The van der Waals surface area contributed by atoms with E-state index in [1.807, 2.05) is 50.2 Å². The number of amides is 2. The molecule has 142 valence electrons. The molecule has 6 nitrogen and oxygen atoms in total. The summed E-state index contributed by atoms with van der Waals surface area (Å²) in [4.78, 5) is 24.3. The first kappa shape index (κ1) is 18.8. The molecule has 2 aromatic rings. The molecular weight excluding hydrogens is 344 g/mol. The van der Waals surface area contributed by atoms with Gasteiger partial charge in [0.05, 0.1) is 6.04 Å². The third-order valence-electron chi connectivity index (χ3n) is 4.47. The van der Waals surface area contributed by atoms with Gasteiger partial charge in [-0.1, -0.05) is 24.3 Å². The van der Waals surface area contributed by atoms with E-state index >= 15 is 0 Å². The van der Waals surface area contributed by atoms with E-state index in [0.29, 0.717) is 24.5 Å². The predicted octanol–water partition coefficient (Wildman–Crippen LogP) is 2.76. The number of rotatable bonds is 6. The van der Waals surface area contributed by atoms with Crippen LogP contribution in [0.3, 0.4) is 0 Å². The maximum atomic E-state index is 12.2. The van der Waals surface area contributed by atoms with Crippen LogP contribution in [-0.4, -0.2) is 31.6 Å². The molecule has 27 heavy (non-hydrogen) atoms. The minimum Gasteiger partial charge on any atom is -0.486 e. The van der Waals surface area contributed by atoms with Crippen LogP contribution < -0.4 is 20.1 Å². The maximum absolute atomic E-state index is 12.2. The Balaban J connectivity index is 1.48. The molecule has 0 aliphatic carbocycles. The molecule has 1 heterocycles. The molecular formula is C21H24N2O4. The Morgan fingerprint density at radius 2 is 1.81 bits per heavy atom. The molecule has 0 fully saturated rings. The molecule has 2 amide bonds. The average Bonchev–Trinajstić information content (AvgIpc) is 2.67. The lowest BCUT2D eigenvalue weighted by molar-refractivity contribution is -0.121. The number of ether oxygens (including phenoxy) is 2. The number of hydrogen-bond donors (Lipinski definition) is 2. The molecule has 2 aromatic carbocycles. The van der Waals surface area contributed by atoms with Crippen LogP contribution in [0.4, 0.5) is 0 Å². The average molecular weight is 368 g/mol. The van der Waals surface area contributed by atoms with E-state index in [-0.39, 0.29) is 30.8 Å². The Bertz CT molecular complexity index is 835. The van der Waals surface area contributed by atoms with Crippen molar-refractivity contribution in [3.8, 4) is 11.5 Å². The van der Waals surface area contributed by atoms with Gasteiger partial charge in [0.25, 0.3) is 5.91 Å². The zero-order valence-electron chi connectivity index (χ0n) is 15.6. The van der Waals surface area contributed by atoms with Crippen molar-refractivity contribution >= 4 is 11.8 Å². The molecule has 2 N–H and O–H groups in total. The summed E-state index contributed by atoms with van der Waals surface area (Å²) in [6, 6.07) is 12.9. The molecule has 0 spiro atoms. The summed E-state index contributed by atoms with van der Waals surface area (Å²) in [5, 5.41) is 5.73. The molecule has 0 saturated carbocycles. The highest BCUT2D eigenvalue weighted by atomic mass is 16.6. The second kappa shape index (κ2) is 8.58. The van der Waals surface area contributed by atoms with Crippen molar-refractivity contribution in [2.24, 2.45) is 0 Å². The number of aryl methyl sites for hydroxylation is 1. The Kier molecular flexibility index (Phi) is 5.96. The lowest BCUT2D eigenvalue weighted by Crippen LogP contribution is -2.32. The number of carbonyl (C=O) groups is 2. The zero-order chi connectivity index (χ0) is 19.2. The maximum Gasteiger partial charge on any atom is 0.251 e. The van der Waals surface area contributed by atoms with Crippen molar-refractivity contribution < 1.29 is 19.1 Å². The summed E-state index contributed by atoms with van der Waals surface area (Å²) in [5.41, 5.74) is 2.48. The first-order valence-electron chi connectivity index (χ1n) is 9.07. The van der Waals surface area contributed by atoms with Crippen LogP contribution in [0, 0.1) is 6.92 Å². The van der Waals surface area contributed by atoms with Crippen LogP contribution in [0.15, 0.2) is 42.5 Å². The molecule has 1 atom stereocenters. The summed E-state index contributed by atoms with van der Waals surface area (Å²) in [5.74, 6) is 1.14. The number of benzene rings is 2. The van der Waals surface area contributed by atoms with Gasteiger partial charge >= 0.3 is 0 Å². The van der Waals surface area contributed by atoms with Crippen LogP contribution in [0.2, 0.25) is 0 Å². The van der Waals surface area contributed by atoms with Crippen LogP contribution in [0.5, 0.6) is 11.5 Å². The SMILES string of the molecule is Cc1ccccc1C(=O)NCCC(=O)NC(C)c1ccc2c(c1)OCCO2. The van der Waals surface area contributed by atoms with E-state index in [1.54, 1.807) is 6.07 Å². The van der Waals surface area contributed by atoms with E-state index in [2.05, 4.69) is 10.6 Å². The largest absolute Gasteiger partial charge is 0.486 e. The van der Waals surface area contributed by atoms with E-state index in [1.165, 1.54) is 0 Å². The van der Waals surface area contributed by atoms with Crippen molar-refractivity contribution in [2.45, 2.75) is 26.3 Å². The fraction of sp³-hybridized carbons (Fsp3) is 0.333.